The van der Waals surface area contributed by atoms with Crippen LogP contribution in [0.3, 0.4) is 0 Å². The van der Waals surface area contributed by atoms with Crippen LogP contribution in [0.1, 0.15) is 41.6 Å². The standard InChI is InChI=1S/C23H27N3O3/c1-25(2)23(17-8-4-3-5-9-17)14-12-22(13-15-23)16-26(21(29)24-22)19-11-7-6-10-18(19)20(27)28/h3-11H,12-16H2,1-2H3,(H,24,29)(H,27,28). The molecule has 1 saturated carbocycles. The van der Waals surface area contributed by atoms with Crippen LogP contribution >= 0.6 is 0 Å². The second kappa shape index (κ2) is 7.19. The summed E-state index contributed by atoms with van der Waals surface area (Å²) in [6.07, 6.45) is 3.55. The summed E-state index contributed by atoms with van der Waals surface area (Å²) < 4.78 is 0. The number of anilines is 1. The van der Waals surface area contributed by atoms with E-state index in [4.69, 9.17) is 0 Å². The number of para-hydroxylation sites is 1. The summed E-state index contributed by atoms with van der Waals surface area (Å²) in [4.78, 5) is 28.3. The van der Waals surface area contributed by atoms with Crippen LogP contribution in [0.25, 0.3) is 0 Å². The molecule has 0 radical (unpaired) electrons. The molecule has 2 aromatic rings. The molecule has 1 heterocycles. The lowest BCUT2D eigenvalue weighted by atomic mass is 9.69. The van der Waals surface area contributed by atoms with Gasteiger partial charge in [-0.25, -0.2) is 9.59 Å². The number of hydrogen-bond acceptors (Lipinski definition) is 3. The smallest absolute Gasteiger partial charge is 0.337 e. The molecule has 1 aliphatic heterocycles. The van der Waals surface area contributed by atoms with Crippen molar-refractivity contribution < 1.29 is 14.7 Å². The van der Waals surface area contributed by atoms with Gasteiger partial charge in [0.2, 0.25) is 0 Å². The number of hydrogen-bond donors (Lipinski definition) is 2. The maximum atomic E-state index is 12.8. The van der Waals surface area contributed by atoms with Crippen LogP contribution in [-0.2, 0) is 5.54 Å². The normalized spacial score (nSPS) is 26.7. The van der Waals surface area contributed by atoms with Crippen molar-refractivity contribution in [2.75, 3.05) is 25.5 Å². The van der Waals surface area contributed by atoms with Crippen molar-refractivity contribution in [1.29, 1.82) is 0 Å². The highest BCUT2D eigenvalue weighted by molar-refractivity contribution is 6.03. The number of amides is 2. The molecule has 1 spiro atoms. The summed E-state index contributed by atoms with van der Waals surface area (Å²) in [6, 6.07) is 17.0. The molecular formula is C23H27N3O3. The molecule has 0 unspecified atom stereocenters. The van der Waals surface area contributed by atoms with Crippen LogP contribution in [0.5, 0.6) is 0 Å². The van der Waals surface area contributed by atoms with Gasteiger partial charge in [-0.2, -0.15) is 0 Å². The van der Waals surface area contributed by atoms with Crippen LogP contribution in [-0.4, -0.2) is 48.2 Å². The second-order valence-corrected chi connectivity index (χ2v) is 8.41. The molecule has 0 aromatic heterocycles. The minimum atomic E-state index is -1.02. The van der Waals surface area contributed by atoms with E-state index in [1.54, 1.807) is 29.2 Å². The highest BCUT2D eigenvalue weighted by Gasteiger charge is 2.50. The molecule has 6 nitrogen and oxygen atoms in total. The number of aromatic carboxylic acids is 1. The fourth-order valence-corrected chi connectivity index (χ4v) is 4.96. The van der Waals surface area contributed by atoms with Crippen LogP contribution in [0.2, 0.25) is 0 Å². The number of nitrogens with zero attached hydrogens (tertiary/aromatic N) is 2. The quantitative estimate of drug-likeness (QED) is 0.831. The van der Waals surface area contributed by atoms with Gasteiger partial charge in [-0.15, -0.1) is 0 Å². The van der Waals surface area contributed by atoms with E-state index >= 15 is 0 Å². The van der Waals surface area contributed by atoms with Gasteiger partial charge < -0.3 is 10.4 Å². The molecule has 0 bridgehead atoms. The lowest BCUT2D eigenvalue weighted by Gasteiger charge is -2.48. The monoisotopic (exact) mass is 393 g/mol. The molecule has 2 aliphatic rings. The number of carboxylic acid groups (broad SMARTS) is 1. The Balaban J connectivity index is 1.58. The number of carbonyl (C=O) groups is 2. The van der Waals surface area contributed by atoms with Gasteiger partial charge in [0.05, 0.1) is 23.3 Å². The first-order valence-corrected chi connectivity index (χ1v) is 10.0. The van der Waals surface area contributed by atoms with E-state index in [1.165, 1.54) is 5.56 Å². The van der Waals surface area contributed by atoms with Crippen molar-refractivity contribution >= 4 is 17.7 Å². The minimum absolute atomic E-state index is 0.0520. The first-order valence-electron chi connectivity index (χ1n) is 10.0. The van der Waals surface area contributed by atoms with Gasteiger partial charge in [0.15, 0.2) is 0 Å². The van der Waals surface area contributed by atoms with E-state index < -0.39 is 5.97 Å². The molecule has 1 saturated heterocycles. The lowest BCUT2D eigenvalue weighted by molar-refractivity contribution is 0.0657. The van der Waals surface area contributed by atoms with Crippen molar-refractivity contribution in [2.24, 2.45) is 0 Å². The fraction of sp³-hybridized carbons (Fsp3) is 0.391. The Morgan fingerprint density at radius 3 is 2.24 bits per heavy atom. The Kier molecular flexibility index (Phi) is 4.82. The van der Waals surface area contributed by atoms with Crippen LogP contribution in [0.15, 0.2) is 54.6 Å². The Morgan fingerprint density at radius 1 is 1.00 bits per heavy atom. The number of carbonyl (C=O) groups excluding carboxylic acids is 1. The maximum Gasteiger partial charge on any atom is 0.337 e. The van der Waals surface area contributed by atoms with Crippen LogP contribution in [0, 0.1) is 0 Å². The summed E-state index contributed by atoms with van der Waals surface area (Å²) in [5.41, 5.74) is 1.54. The molecular weight excluding hydrogens is 366 g/mol. The van der Waals surface area contributed by atoms with Gasteiger partial charge in [-0.3, -0.25) is 9.80 Å². The predicted molar refractivity (Wildman–Crippen MR) is 112 cm³/mol. The SMILES string of the molecule is CN(C)C1(c2ccccc2)CCC2(CC1)CN(c1ccccc1C(=O)O)C(=O)N2. The van der Waals surface area contributed by atoms with E-state index in [-0.39, 0.29) is 22.7 Å². The average Bonchev–Trinajstić information content (AvgIpc) is 3.05. The average molecular weight is 393 g/mol. The van der Waals surface area contributed by atoms with Crippen molar-refractivity contribution in [2.45, 2.75) is 36.8 Å². The molecule has 4 rings (SSSR count). The summed E-state index contributed by atoms with van der Waals surface area (Å²) in [5.74, 6) is -1.02. The van der Waals surface area contributed by atoms with Gasteiger partial charge >= 0.3 is 12.0 Å². The zero-order valence-electron chi connectivity index (χ0n) is 16.9. The predicted octanol–water partition coefficient (Wildman–Crippen LogP) is 3.68. The van der Waals surface area contributed by atoms with Crippen molar-refractivity contribution in [3.8, 4) is 0 Å². The number of urea groups is 1. The third kappa shape index (κ3) is 3.27. The Morgan fingerprint density at radius 2 is 1.62 bits per heavy atom. The zero-order valence-corrected chi connectivity index (χ0v) is 16.9. The summed E-state index contributed by atoms with van der Waals surface area (Å²) in [7, 11) is 4.24. The maximum absolute atomic E-state index is 12.8. The molecule has 6 heteroatoms. The van der Waals surface area contributed by atoms with E-state index in [2.05, 4.69) is 48.6 Å². The Bertz CT molecular complexity index is 918. The minimum Gasteiger partial charge on any atom is -0.478 e. The van der Waals surface area contributed by atoms with Crippen LogP contribution in [0.4, 0.5) is 10.5 Å². The summed E-state index contributed by atoms with van der Waals surface area (Å²) in [6.45, 7) is 0.494. The second-order valence-electron chi connectivity index (χ2n) is 8.41. The molecule has 152 valence electrons. The summed E-state index contributed by atoms with van der Waals surface area (Å²) >= 11 is 0. The first-order chi connectivity index (χ1) is 13.9. The third-order valence-electron chi connectivity index (χ3n) is 6.70. The third-order valence-corrected chi connectivity index (χ3v) is 6.70. The van der Waals surface area contributed by atoms with Crippen molar-refractivity contribution in [1.82, 2.24) is 10.2 Å². The van der Waals surface area contributed by atoms with E-state index in [0.29, 0.717) is 12.2 Å². The molecule has 2 fully saturated rings. The van der Waals surface area contributed by atoms with Gasteiger partial charge in [-0.1, -0.05) is 42.5 Å². The van der Waals surface area contributed by atoms with Gasteiger partial charge in [0, 0.05) is 5.54 Å². The number of carboxylic acids is 1. The molecule has 0 atom stereocenters. The molecule has 29 heavy (non-hydrogen) atoms. The molecule has 2 amide bonds. The molecule has 2 aromatic carbocycles. The number of rotatable bonds is 4. The van der Waals surface area contributed by atoms with E-state index in [9.17, 15) is 14.7 Å². The topological polar surface area (TPSA) is 72.9 Å². The summed E-state index contributed by atoms with van der Waals surface area (Å²) in [5, 5.41) is 12.7. The highest BCUT2D eigenvalue weighted by atomic mass is 16.4. The van der Waals surface area contributed by atoms with Crippen molar-refractivity contribution in [3.05, 3.63) is 65.7 Å². The number of benzene rings is 2. The zero-order chi connectivity index (χ0) is 20.6. The fourth-order valence-electron chi connectivity index (χ4n) is 4.96. The first kappa shape index (κ1) is 19.5. The Labute approximate surface area is 171 Å². The molecule has 1 aliphatic carbocycles. The van der Waals surface area contributed by atoms with Gasteiger partial charge in [0.1, 0.15) is 0 Å². The van der Waals surface area contributed by atoms with Crippen LogP contribution < -0.4 is 10.2 Å². The Hall–Kier alpha value is -2.86. The van der Waals surface area contributed by atoms with Gasteiger partial charge in [-0.05, 0) is 57.5 Å². The molecule has 2 N–H and O–H groups in total. The van der Waals surface area contributed by atoms with Crippen molar-refractivity contribution in [3.63, 3.8) is 0 Å². The lowest BCUT2D eigenvalue weighted by Crippen LogP contribution is -2.54. The van der Waals surface area contributed by atoms with Gasteiger partial charge in [0.25, 0.3) is 0 Å². The number of nitrogens with one attached hydrogen (secondary N) is 1. The largest absolute Gasteiger partial charge is 0.478 e. The van der Waals surface area contributed by atoms with E-state index in [0.717, 1.165) is 25.7 Å². The highest BCUT2D eigenvalue weighted by Crippen LogP contribution is 2.46. The van der Waals surface area contributed by atoms with E-state index in [1.807, 2.05) is 6.07 Å².